The fourth-order valence-electron chi connectivity index (χ4n) is 3.55. The summed E-state index contributed by atoms with van der Waals surface area (Å²) in [5.41, 5.74) is 1.47. The summed E-state index contributed by atoms with van der Waals surface area (Å²) in [6.07, 6.45) is -3.94. The van der Waals surface area contributed by atoms with Crippen LogP contribution < -0.4 is 10.7 Å². The molecule has 31 heavy (non-hydrogen) atoms. The molecule has 0 saturated carbocycles. The molecule has 0 bridgehead atoms. The van der Waals surface area contributed by atoms with Crippen LogP contribution >= 0.6 is 0 Å². The molecule has 2 aliphatic rings. The van der Waals surface area contributed by atoms with Crippen molar-refractivity contribution in [1.29, 1.82) is 0 Å². The first-order chi connectivity index (χ1) is 14.5. The molecule has 1 aromatic carbocycles. The number of alkyl halides is 3. The molecule has 2 N–H and O–H groups in total. The molecule has 0 aliphatic carbocycles. The van der Waals surface area contributed by atoms with E-state index >= 15 is 0 Å². The van der Waals surface area contributed by atoms with Gasteiger partial charge in [0, 0.05) is 32.7 Å². The standard InChI is InChI=1S/C20H26F3N5O3/c1-3-19(2)17(30)28(18(31)24-19)25-16(29)13-27-10-8-26(9-11-27)12-14-4-6-15(7-5-14)20(21,22)23/h4-7H,3,8-13H2,1-2H3,(H,24,31)(H,25,29). The van der Waals surface area contributed by atoms with Crippen molar-refractivity contribution in [2.24, 2.45) is 0 Å². The molecule has 2 fully saturated rings. The number of hydrogen-bond donors (Lipinski definition) is 2. The van der Waals surface area contributed by atoms with E-state index in [0.717, 1.165) is 22.7 Å². The van der Waals surface area contributed by atoms with E-state index in [1.54, 1.807) is 13.8 Å². The lowest BCUT2D eigenvalue weighted by atomic mass is 10.00. The summed E-state index contributed by atoms with van der Waals surface area (Å²) in [5.74, 6) is -0.949. The Labute approximate surface area is 178 Å². The minimum Gasteiger partial charge on any atom is -0.322 e. The number of urea groups is 1. The summed E-state index contributed by atoms with van der Waals surface area (Å²) in [4.78, 5) is 40.6. The molecule has 8 nitrogen and oxygen atoms in total. The number of nitrogens with one attached hydrogen (secondary N) is 2. The predicted octanol–water partition coefficient (Wildman–Crippen LogP) is 1.57. The minimum atomic E-state index is -4.35. The Bertz CT molecular complexity index is 837. The van der Waals surface area contributed by atoms with Crippen LogP contribution in [0.1, 0.15) is 31.4 Å². The van der Waals surface area contributed by atoms with Gasteiger partial charge in [-0.15, -0.1) is 0 Å². The predicted molar refractivity (Wildman–Crippen MR) is 105 cm³/mol. The number of halogens is 3. The Morgan fingerprint density at radius 1 is 1.10 bits per heavy atom. The van der Waals surface area contributed by atoms with Gasteiger partial charge in [-0.2, -0.15) is 18.2 Å². The van der Waals surface area contributed by atoms with Crippen molar-refractivity contribution in [3.63, 3.8) is 0 Å². The first-order valence-electron chi connectivity index (χ1n) is 10.1. The Morgan fingerprint density at radius 3 is 2.19 bits per heavy atom. The summed E-state index contributed by atoms with van der Waals surface area (Å²) in [5, 5.41) is 3.30. The molecule has 170 valence electrons. The SMILES string of the molecule is CCC1(C)NC(=O)N(NC(=O)CN2CCN(Cc3ccc(C(F)(F)F)cc3)CC2)C1=O. The van der Waals surface area contributed by atoms with Gasteiger partial charge >= 0.3 is 12.2 Å². The Balaban J connectivity index is 1.44. The maximum Gasteiger partial charge on any atom is 0.416 e. The van der Waals surface area contributed by atoms with E-state index < -0.39 is 35.1 Å². The van der Waals surface area contributed by atoms with Crippen LogP contribution in [0.2, 0.25) is 0 Å². The molecule has 1 unspecified atom stereocenters. The van der Waals surface area contributed by atoms with Crippen molar-refractivity contribution in [2.45, 2.75) is 38.5 Å². The van der Waals surface area contributed by atoms with E-state index in [4.69, 9.17) is 0 Å². The molecule has 11 heteroatoms. The third kappa shape index (κ3) is 5.34. The van der Waals surface area contributed by atoms with Crippen molar-refractivity contribution >= 4 is 17.8 Å². The largest absolute Gasteiger partial charge is 0.416 e. The van der Waals surface area contributed by atoms with Gasteiger partial charge < -0.3 is 5.32 Å². The maximum atomic E-state index is 12.7. The topological polar surface area (TPSA) is 85.0 Å². The van der Waals surface area contributed by atoms with E-state index in [1.165, 1.54) is 12.1 Å². The lowest BCUT2D eigenvalue weighted by Crippen LogP contribution is -2.53. The van der Waals surface area contributed by atoms with Gasteiger partial charge in [0.2, 0.25) is 0 Å². The number of carbonyl (C=O) groups excluding carboxylic acids is 3. The molecule has 1 aromatic rings. The van der Waals surface area contributed by atoms with Gasteiger partial charge in [-0.1, -0.05) is 19.1 Å². The maximum absolute atomic E-state index is 12.7. The van der Waals surface area contributed by atoms with Crippen molar-refractivity contribution in [2.75, 3.05) is 32.7 Å². The Morgan fingerprint density at radius 2 is 1.68 bits per heavy atom. The zero-order valence-corrected chi connectivity index (χ0v) is 17.5. The van der Waals surface area contributed by atoms with Crippen LogP contribution in [0.5, 0.6) is 0 Å². The fraction of sp³-hybridized carbons (Fsp3) is 0.550. The number of imide groups is 1. The highest BCUT2D eigenvalue weighted by Crippen LogP contribution is 2.29. The number of rotatable bonds is 6. The monoisotopic (exact) mass is 441 g/mol. The minimum absolute atomic E-state index is 0.0357. The summed E-state index contributed by atoms with van der Waals surface area (Å²) >= 11 is 0. The van der Waals surface area contributed by atoms with E-state index in [0.29, 0.717) is 39.1 Å². The second kappa shape index (κ2) is 8.83. The second-order valence-electron chi connectivity index (χ2n) is 8.04. The highest BCUT2D eigenvalue weighted by Gasteiger charge is 2.47. The van der Waals surface area contributed by atoms with E-state index in [1.807, 2.05) is 4.90 Å². The summed E-state index contributed by atoms with van der Waals surface area (Å²) < 4.78 is 38.0. The summed E-state index contributed by atoms with van der Waals surface area (Å²) in [6, 6.07) is 4.46. The second-order valence-corrected chi connectivity index (χ2v) is 8.04. The summed E-state index contributed by atoms with van der Waals surface area (Å²) in [7, 11) is 0. The molecule has 2 heterocycles. The van der Waals surface area contributed by atoms with Gasteiger partial charge in [-0.25, -0.2) is 4.79 Å². The zero-order valence-electron chi connectivity index (χ0n) is 17.5. The number of amides is 4. The van der Waals surface area contributed by atoms with Crippen molar-refractivity contribution in [1.82, 2.24) is 25.6 Å². The van der Waals surface area contributed by atoms with Gasteiger partial charge in [0.25, 0.3) is 11.8 Å². The number of carbonyl (C=O) groups is 3. The van der Waals surface area contributed by atoms with Crippen LogP contribution in [-0.4, -0.2) is 70.9 Å². The van der Waals surface area contributed by atoms with E-state index in [-0.39, 0.29) is 6.54 Å². The molecular weight excluding hydrogens is 415 g/mol. The quantitative estimate of drug-likeness (QED) is 0.655. The highest BCUT2D eigenvalue weighted by atomic mass is 19.4. The first-order valence-corrected chi connectivity index (χ1v) is 10.1. The molecule has 0 aromatic heterocycles. The van der Waals surface area contributed by atoms with Crippen LogP contribution in [-0.2, 0) is 22.3 Å². The molecule has 3 rings (SSSR count). The number of benzene rings is 1. The third-order valence-electron chi connectivity index (χ3n) is 5.72. The van der Waals surface area contributed by atoms with Crippen LogP contribution in [0.3, 0.4) is 0 Å². The van der Waals surface area contributed by atoms with Crippen LogP contribution in [0.25, 0.3) is 0 Å². The first kappa shape index (κ1) is 23.0. The van der Waals surface area contributed by atoms with Crippen LogP contribution in [0.15, 0.2) is 24.3 Å². The van der Waals surface area contributed by atoms with Crippen molar-refractivity contribution < 1.29 is 27.6 Å². The van der Waals surface area contributed by atoms with Gasteiger partial charge in [-0.3, -0.25) is 24.8 Å². The molecule has 2 saturated heterocycles. The van der Waals surface area contributed by atoms with E-state index in [9.17, 15) is 27.6 Å². The van der Waals surface area contributed by atoms with Crippen molar-refractivity contribution in [3.8, 4) is 0 Å². The van der Waals surface area contributed by atoms with Crippen LogP contribution in [0.4, 0.5) is 18.0 Å². The number of hydrazine groups is 1. The van der Waals surface area contributed by atoms with Gasteiger partial charge in [-0.05, 0) is 31.0 Å². The normalized spacial score (nSPS) is 23.2. The average molecular weight is 441 g/mol. The van der Waals surface area contributed by atoms with Gasteiger partial charge in [0.1, 0.15) is 5.54 Å². The average Bonchev–Trinajstić information content (AvgIpc) is 2.93. The van der Waals surface area contributed by atoms with Crippen molar-refractivity contribution in [3.05, 3.63) is 35.4 Å². The molecule has 1 atom stereocenters. The fourth-order valence-corrected chi connectivity index (χ4v) is 3.55. The molecule has 4 amide bonds. The Hall–Kier alpha value is -2.66. The highest BCUT2D eigenvalue weighted by molar-refractivity contribution is 6.07. The summed E-state index contributed by atoms with van der Waals surface area (Å²) in [6.45, 7) is 6.39. The lowest BCUT2D eigenvalue weighted by molar-refractivity contribution is -0.139. The molecule has 0 spiro atoms. The lowest BCUT2D eigenvalue weighted by Gasteiger charge is -2.34. The number of hydrogen-bond acceptors (Lipinski definition) is 5. The molecular formula is C20H26F3N5O3. The van der Waals surface area contributed by atoms with Gasteiger partial charge in [0.05, 0.1) is 12.1 Å². The number of piperazine rings is 1. The zero-order chi connectivity index (χ0) is 22.8. The van der Waals surface area contributed by atoms with E-state index in [2.05, 4.69) is 15.6 Å². The smallest absolute Gasteiger partial charge is 0.322 e. The third-order valence-corrected chi connectivity index (χ3v) is 5.72. The molecule has 0 radical (unpaired) electrons. The molecule has 2 aliphatic heterocycles. The Kier molecular flexibility index (Phi) is 6.56. The van der Waals surface area contributed by atoms with Crippen LogP contribution in [0, 0.1) is 0 Å². The van der Waals surface area contributed by atoms with Gasteiger partial charge in [0.15, 0.2) is 0 Å². The number of nitrogens with zero attached hydrogens (tertiary/aromatic N) is 3.